The number of carbonyl (C=O) groups is 1. The normalized spacial score (nSPS) is 21.0. The second-order valence-corrected chi connectivity index (χ2v) is 17.4. The number of halogens is 2. The molecule has 1 aromatic carbocycles. The summed E-state index contributed by atoms with van der Waals surface area (Å²) in [6.07, 6.45) is 7.90. The molecular weight excluding hydrogens is 711 g/mol. The van der Waals surface area contributed by atoms with Crippen molar-refractivity contribution in [3.05, 3.63) is 68.6 Å². The van der Waals surface area contributed by atoms with Crippen molar-refractivity contribution in [1.29, 1.82) is 0 Å². The molecule has 2 saturated heterocycles. The van der Waals surface area contributed by atoms with Crippen LogP contribution in [0.3, 0.4) is 0 Å². The molecule has 1 aliphatic carbocycles. The smallest absolute Gasteiger partial charge is 0.387 e. The molecule has 51 heavy (non-hydrogen) atoms. The van der Waals surface area contributed by atoms with Crippen LogP contribution >= 0.6 is 11.3 Å². The number of rotatable bonds is 9. The largest absolute Gasteiger partial charge is 0.435 e. The van der Waals surface area contributed by atoms with Gasteiger partial charge in [0.25, 0.3) is 11.5 Å². The minimum absolute atomic E-state index is 0. The SMILES string of the molecule is Cc1c(-n2nccn2)sc2c1c(=O)n(C1(C(=O)NS(=O)(=O)C(C)(C)C)CC1)c(=O)n2CCc1ccccc1OC(F)F.OC1C[C@H]2CC[C@@H](C1)O2.[HH]. The molecule has 0 radical (unpaired) electrons. The lowest BCUT2D eigenvalue weighted by Gasteiger charge is -2.24. The average molecular weight is 753 g/mol. The van der Waals surface area contributed by atoms with Gasteiger partial charge in [-0.25, -0.2) is 17.8 Å². The number of alkyl halides is 2. The summed E-state index contributed by atoms with van der Waals surface area (Å²) in [5.41, 5.74) is -2.44. The Morgan fingerprint density at radius 2 is 1.78 bits per heavy atom. The number of ether oxygens (including phenoxy) is 2. The molecule has 1 amide bonds. The molecule has 0 spiro atoms. The molecule has 7 rings (SSSR count). The van der Waals surface area contributed by atoms with E-state index in [9.17, 15) is 36.7 Å². The highest BCUT2D eigenvalue weighted by atomic mass is 32.2. The monoisotopic (exact) mass is 752 g/mol. The predicted molar refractivity (Wildman–Crippen MR) is 186 cm³/mol. The molecular formula is C33H42F2N6O8S2. The summed E-state index contributed by atoms with van der Waals surface area (Å²) in [6, 6.07) is 6.15. The third kappa shape index (κ3) is 7.23. The number of nitrogens with zero attached hydrogens (tertiary/aromatic N) is 5. The van der Waals surface area contributed by atoms with Crippen LogP contribution in [0, 0.1) is 6.92 Å². The van der Waals surface area contributed by atoms with Gasteiger partial charge in [0.1, 0.15) is 21.1 Å². The highest BCUT2D eigenvalue weighted by Gasteiger charge is 2.56. The fourth-order valence-corrected chi connectivity index (χ4v) is 8.42. The van der Waals surface area contributed by atoms with Gasteiger partial charge in [0.05, 0.1) is 40.8 Å². The lowest BCUT2D eigenvalue weighted by molar-refractivity contribution is -0.124. The van der Waals surface area contributed by atoms with Gasteiger partial charge in [-0.3, -0.25) is 18.9 Å². The van der Waals surface area contributed by atoms with E-state index < -0.39 is 44.1 Å². The number of aromatic nitrogens is 5. The van der Waals surface area contributed by atoms with Crippen LogP contribution in [-0.4, -0.2) is 73.2 Å². The van der Waals surface area contributed by atoms with Crippen LogP contribution in [0.25, 0.3) is 15.2 Å². The van der Waals surface area contributed by atoms with Crippen molar-refractivity contribution in [2.24, 2.45) is 0 Å². The van der Waals surface area contributed by atoms with Crippen molar-refractivity contribution in [3.63, 3.8) is 0 Å². The average Bonchev–Trinajstić information content (AvgIpc) is 3.32. The van der Waals surface area contributed by atoms with E-state index in [2.05, 4.69) is 19.7 Å². The van der Waals surface area contributed by atoms with E-state index in [1.165, 1.54) is 61.4 Å². The number of hydrogen-bond donors (Lipinski definition) is 2. The number of fused-ring (bicyclic) bond motifs is 3. The number of amides is 1. The molecule has 4 aromatic rings. The summed E-state index contributed by atoms with van der Waals surface area (Å²) < 4.78 is 64.6. The fourth-order valence-electron chi connectivity index (χ4n) is 6.45. The van der Waals surface area contributed by atoms with Gasteiger partial charge in [0, 0.05) is 13.5 Å². The Kier molecular flexibility index (Phi) is 9.99. The number of sulfonamides is 1. The molecule has 3 aromatic heterocycles. The van der Waals surface area contributed by atoms with Crippen molar-refractivity contribution >= 4 is 37.5 Å². The Bertz CT molecular complexity index is 2150. The second-order valence-electron chi connectivity index (χ2n) is 14.0. The number of aryl methyl sites for hydroxylation is 3. The Morgan fingerprint density at radius 1 is 1.16 bits per heavy atom. The number of aliphatic hydroxyl groups is 1. The van der Waals surface area contributed by atoms with Gasteiger partial charge in [-0.05, 0) is 84.3 Å². The van der Waals surface area contributed by atoms with Crippen LogP contribution in [0.15, 0.2) is 46.2 Å². The first-order valence-electron chi connectivity index (χ1n) is 16.6. The topological polar surface area (TPSA) is 177 Å². The van der Waals surface area contributed by atoms with Crippen molar-refractivity contribution in [2.45, 2.75) is 114 Å². The Hall–Kier alpha value is -4.00. The molecule has 3 aliphatic rings. The lowest BCUT2D eigenvalue weighted by atomic mass is 10.1. The van der Waals surface area contributed by atoms with E-state index in [-0.39, 0.29) is 49.3 Å². The van der Waals surface area contributed by atoms with Crippen molar-refractivity contribution in [2.75, 3.05) is 0 Å². The summed E-state index contributed by atoms with van der Waals surface area (Å²) in [5.74, 6) is -1.03. The molecule has 3 fully saturated rings. The van der Waals surface area contributed by atoms with E-state index in [0.717, 1.165) is 28.7 Å². The summed E-state index contributed by atoms with van der Waals surface area (Å²) in [6.45, 7) is 2.80. The van der Waals surface area contributed by atoms with E-state index in [1.54, 1.807) is 25.1 Å². The molecule has 5 heterocycles. The predicted octanol–water partition coefficient (Wildman–Crippen LogP) is 3.63. The van der Waals surface area contributed by atoms with Gasteiger partial charge in [0.2, 0.25) is 10.0 Å². The molecule has 2 N–H and O–H groups in total. The van der Waals surface area contributed by atoms with Crippen molar-refractivity contribution in [3.8, 4) is 10.8 Å². The number of hydrogen-bond acceptors (Lipinski definition) is 11. The Balaban J connectivity index is 0.000000451. The third-order valence-corrected chi connectivity index (χ3v) is 12.8. The van der Waals surface area contributed by atoms with Crippen molar-refractivity contribution < 1.29 is 38.0 Å². The van der Waals surface area contributed by atoms with E-state index >= 15 is 0 Å². The lowest BCUT2D eigenvalue weighted by Crippen LogP contribution is -2.54. The van der Waals surface area contributed by atoms with Gasteiger partial charge < -0.3 is 14.6 Å². The second kappa shape index (κ2) is 13.9. The maximum atomic E-state index is 14.1. The highest BCUT2D eigenvalue weighted by Crippen LogP contribution is 2.43. The highest BCUT2D eigenvalue weighted by molar-refractivity contribution is 7.91. The first kappa shape index (κ1) is 36.8. The summed E-state index contributed by atoms with van der Waals surface area (Å²) >= 11 is 1.09. The summed E-state index contributed by atoms with van der Waals surface area (Å²) in [7, 11) is -4.14. The number of nitrogens with one attached hydrogen (secondary N) is 1. The maximum Gasteiger partial charge on any atom is 0.387 e. The van der Waals surface area contributed by atoms with E-state index in [4.69, 9.17) is 4.74 Å². The zero-order valence-electron chi connectivity index (χ0n) is 28.5. The van der Waals surface area contributed by atoms with E-state index in [1.807, 2.05) is 0 Å². The minimum atomic E-state index is -4.14. The van der Waals surface area contributed by atoms with Crippen LogP contribution in [0.1, 0.15) is 71.8 Å². The summed E-state index contributed by atoms with van der Waals surface area (Å²) in [5, 5.41) is 18.1. The summed E-state index contributed by atoms with van der Waals surface area (Å²) in [4.78, 5) is 43.1. The number of aliphatic hydroxyl groups excluding tert-OH is 1. The van der Waals surface area contributed by atoms with E-state index in [0.29, 0.717) is 28.3 Å². The Morgan fingerprint density at radius 3 is 2.37 bits per heavy atom. The van der Waals surface area contributed by atoms with Crippen LogP contribution in [0.2, 0.25) is 0 Å². The first-order chi connectivity index (χ1) is 24.0. The van der Waals surface area contributed by atoms with Gasteiger partial charge in [-0.15, -0.1) is 4.80 Å². The van der Waals surface area contributed by atoms with Crippen LogP contribution in [0.4, 0.5) is 8.78 Å². The van der Waals surface area contributed by atoms with Gasteiger partial charge >= 0.3 is 12.3 Å². The third-order valence-electron chi connectivity index (χ3n) is 9.45. The number of thiophene rings is 1. The number of para-hydroxylation sites is 1. The molecule has 1 unspecified atom stereocenters. The van der Waals surface area contributed by atoms with Crippen LogP contribution in [0.5, 0.6) is 5.75 Å². The standard InChI is InChI=1S/C26H28F2N6O6S2.C7H12O2.H2/c1-15-18-19(35)33(26(10-11-26)22(36)31-42(38,39)25(2,3)4)24(37)32(21(18)41-20(15)34-29-12-13-30-34)14-9-16-7-5-6-8-17(16)40-23(27)28;8-5-3-6-1-2-7(4-5)9-6;/h5-8,12-13,23H,9-11,14H2,1-4H3,(H,31,36);5-8H,1-4H2;1H/t;5?,6-,7+;. The van der Waals surface area contributed by atoms with Gasteiger partial charge in [0.15, 0.2) is 0 Å². The first-order valence-corrected chi connectivity index (χ1v) is 18.9. The van der Waals surface area contributed by atoms with Crippen molar-refractivity contribution in [1.82, 2.24) is 28.9 Å². The molecule has 14 nitrogen and oxygen atoms in total. The quantitative estimate of drug-likeness (QED) is 0.257. The van der Waals surface area contributed by atoms with Crippen LogP contribution < -0.4 is 20.7 Å². The molecule has 2 bridgehead atoms. The zero-order chi connectivity index (χ0) is 36.9. The molecule has 278 valence electrons. The van der Waals surface area contributed by atoms with Gasteiger partial charge in [-0.2, -0.15) is 19.0 Å². The molecule has 18 heteroatoms. The Labute approximate surface area is 297 Å². The number of carbonyl (C=O) groups excluding carboxylic acids is 1. The van der Waals surface area contributed by atoms with Gasteiger partial charge in [-0.1, -0.05) is 29.5 Å². The number of benzene rings is 1. The fraction of sp³-hybridized carbons (Fsp3) is 0.545. The minimum Gasteiger partial charge on any atom is -0.435 e. The van der Waals surface area contributed by atoms with Crippen LogP contribution in [-0.2, 0) is 38.1 Å². The maximum absolute atomic E-state index is 14.1. The molecule has 1 saturated carbocycles. The molecule has 2 aliphatic heterocycles. The molecule has 3 atom stereocenters. The zero-order valence-corrected chi connectivity index (χ0v) is 30.2.